The second-order valence-electron chi connectivity index (χ2n) is 11.0. The van der Waals surface area contributed by atoms with Gasteiger partial charge >= 0.3 is 5.97 Å². The minimum atomic E-state index is -4.24. The Hall–Kier alpha value is -3.47. The molecule has 2 fully saturated rings. The number of pyridine rings is 1. The van der Waals surface area contributed by atoms with Crippen molar-refractivity contribution in [2.75, 3.05) is 77.1 Å². The summed E-state index contributed by atoms with van der Waals surface area (Å²) in [4.78, 5) is 28.0. The Bertz CT molecular complexity index is 1620. The Balaban J connectivity index is 0.000000799. The SMILES string of the molecule is COc1ccc(S(=O)(=O)N(C(=O)CCN2CCOCC2)c2ccccc2C=Cc2cc[n+]([O-])cc2)cc1.Cl.Cl.Cl.O=C(O)CCN1CCOCC1. The highest BCUT2D eigenvalue weighted by Gasteiger charge is 2.32. The maximum absolute atomic E-state index is 13.9. The first-order valence-electron chi connectivity index (χ1n) is 15.7. The van der Waals surface area contributed by atoms with Crippen molar-refractivity contribution in [3.05, 3.63) is 89.4 Å². The molecule has 0 bridgehead atoms. The summed E-state index contributed by atoms with van der Waals surface area (Å²) in [5.41, 5.74) is 1.54. The summed E-state index contributed by atoms with van der Waals surface area (Å²) < 4.78 is 44.9. The molecule has 5 rings (SSSR count). The van der Waals surface area contributed by atoms with E-state index in [2.05, 4.69) is 9.80 Å². The number of sulfonamides is 1. The number of anilines is 1. The average Bonchev–Trinajstić information content (AvgIpc) is 3.11. The zero-order chi connectivity index (χ0) is 34.4. The van der Waals surface area contributed by atoms with Crippen molar-refractivity contribution in [3.8, 4) is 5.75 Å². The maximum atomic E-state index is 13.9. The van der Waals surface area contributed by atoms with Gasteiger partial charge < -0.3 is 24.5 Å². The zero-order valence-corrected chi connectivity index (χ0v) is 31.5. The second kappa shape index (κ2) is 23.2. The lowest BCUT2D eigenvalue weighted by molar-refractivity contribution is -0.605. The molecule has 1 aromatic heterocycles. The molecule has 282 valence electrons. The Morgan fingerprint density at radius 3 is 1.90 bits per heavy atom. The third-order valence-electron chi connectivity index (χ3n) is 7.75. The molecule has 17 heteroatoms. The van der Waals surface area contributed by atoms with Crippen molar-refractivity contribution in [2.45, 2.75) is 17.7 Å². The molecule has 0 radical (unpaired) electrons. The van der Waals surface area contributed by atoms with Crippen molar-refractivity contribution in [2.24, 2.45) is 0 Å². The monoisotopic (exact) mass is 790 g/mol. The number of halogens is 3. The van der Waals surface area contributed by atoms with Gasteiger partial charge in [-0.1, -0.05) is 30.4 Å². The number of hydrogen-bond acceptors (Lipinski definition) is 10. The smallest absolute Gasteiger partial charge is 0.304 e. The predicted molar refractivity (Wildman–Crippen MR) is 202 cm³/mol. The summed E-state index contributed by atoms with van der Waals surface area (Å²) in [6.45, 7) is 6.84. The van der Waals surface area contributed by atoms with Gasteiger partial charge in [0, 0.05) is 57.8 Å². The quantitative estimate of drug-likeness (QED) is 0.209. The number of nitrogens with zero attached hydrogens (tertiary/aromatic N) is 4. The molecule has 2 aliphatic heterocycles. The van der Waals surface area contributed by atoms with Gasteiger partial charge in [0.1, 0.15) is 5.75 Å². The summed E-state index contributed by atoms with van der Waals surface area (Å²) >= 11 is 0. The molecule has 1 amide bonds. The molecule has 51 heavy (non-hydrogen) atoms. The van der Waals surface area contributed by atoms with Crippen molar-refractivity contribution in [1.82, 2.24) is 9.80 Å². The number of amides is 1. The summed E-state index contributed by atoms with van der Waals surface area (Å²) in [6, 6.07) is 16.1. The molecule has 1 N–H and O–H groups in total. The first-order chi connectivity index (χ1) is 23.2. The average molecular weight is 792 g/mol. The van der Waals surface area contributed by atoms with Crippen LogP contribution in [0.5, 0.6) is 5.75 Å². The van der Waals surface area contributed by atoms with Crippen LogP contribution < -0.4 is 13.8 Å². The molecular formula is C34H45Cl3N4O9S. The highest BCUT2D eigenvalue weighted by molar-refractivity contribution is 7.93. The molecule has 3 heterocycles. The third kappa shape index (κ3) is 14.2. The number of rotatable bonds is 12. The summed E-state index contributed by atoms with van der Waals surface area (Å²) in [5.74, 6) is -0.749. The van der Waals surface area contributed by atoms with E-state index >= 15 is 0 Å². The molecule has 0 atom stereocenters. The zero-order valence-electron chi connectivity index (χ0n) is 28.2. The maximum Gasteiger partial charge on any atom is 0.304 e. The van der Waals surface area contributed by atoms with Crippen LogP contribution in [0.3, 0.4) is 0 Å². The van der Waals surface area contributed by atoms with E-state index in [1.54, 1.807) is 60.7 Å². The van der Waals surface area contributed by atoms with Crippen LogP contribution in [0.25, 0.3) is 12.2 Å². The van der Waals surface area contributed by atoms with E-state index in [0.717, 1.165) is 36.2 Å². The van der Waals surface area contributed by atoms with Crippen molar-refractivity contribution >= 4 is 77.0 Å². The highest BCUT2D eigenvalue weighted by atomic mass is 35.5. The van der Waals surface area contributed by atoms with E-state index in [1.807, 2.05) is 0 Å². The largest absolute Gasteiger partial charge is 0.619 e. The van der Waals surface area contributed by atoms with Gasteiger partial charge in [-0.05, 0) is 41.5 Å². The van der Waals surface area contributed by atoms with Crippen molar-refractivity contribution in [3.63, 3.8) is 0 Å². The van der Waals surface area contributed by atoms with Crippen LogP contribution in [-0.4, -0.2) is 108 Å². The number of aromatic nitrogens is 1. The van der Waals surface area contributed by atoms with Crippen molar-refractivity contribution < 1.29 is 42.1 Å². The van der Waals surface area contributed by atoms with E-state index in [0.29, 0.717) is 55.4 Å². The van der Waals surface area contributed by atoms with Crippen LogP contribution in [-0.2, 0) is 29.1 Å². The number of hydrogen-bond donors (Lipinski definition) is 1. The van der Waals surface area contributed by atoms with E-state index in [4.69, 9.17) is 19.3 Å². The molecule has 2 aromatic carbocycles. The number of carboxylic acids is 1. The van der Waals surface area contributed by atoms with Gasteiger partial charge in [0.25, 0.3) is 10.0 Å². The van der Waals surface area contributed by atoms with Crippen LogP contribution in [0.2, 0.25) is 0 Å². The number of carbonyl (C=O) groups is 2. The predicted octanol–water partition coefficient (Wildman–Crippen LogP) is 4.00. The summed E-state index contributed by atoms with van der Waals surface area (Å²) in [7, 11) is -2.74. The standard InChI is InChI=1S/C27H29N3O6S.C7H13NO3.3ClH/c1-35-24-8-10-25(11-9-24)37(33,34)30(27(31)14-15-28-18-20-36-21-19-28)26-5-3-2-4-23(26)7-6-22-12-16-29(32)17-13-22;9-7(10)1-2-8-3-5-11-6-4-8;;;/h2-13,16-17H,14-15,18-21H2,1H3;1-6H2,(H,9,10);3*1H. The molecule has 0 unspecified atom stereocenters. The molecular weight excluding hydrogens is 747 g/mol. The van der Waals surface area contributed by atoms with Crippen molar-refractivity contribution in [1.29, 1.82) is 0 Å². The fraction of sp³-hybridized carbons (Fsp3) is 0.382. The minimum Gasteiger partial charge on any atom is -0.619 e. The Kier molecular flexibility index (Phi) is 20.7. The van der Waals surface area contributed by atoms with E-state index < -0.39 is 21.9 Å². The van der Waals surface area contributed by atoms with Gasteiger partial charge in [0.05, 0.1) is 50.5 Å². The number of benzene rings is 2. The number of carbonyl (C=O) groups excluding carboxylic acids is 1. The fourth-order valence-corrected chi connectivity index (χ4v) is 6.52. The van der Waals surface area contributed by atoms with E-state index in [-0.39, 0.29) is 60.6 Å². The Morgan fingerprint density at radius 2 is 1.37 bits per heavy atom. The number of para-hydroxylation sites is 1. The molecule has 3 aromatic rings. The van der Waals surface area contributed by atoms with E-state index in [9.17, 15) is 23.2 Å². The van der Waals surface area contributed by atoms with Gasteiger partial charge in [-0.3, -0.25) is 19.4 Å². The number of carboxylic acid groups (broad SMARTS) is 1. The molecule has 2 aliphatic rings. The van der Waals surface area contributed by atoms with Crippen LogP contribution in [0.1, 0.15) is 24.0 Å². The third-order valence-corrected chi connectivity index (χ3v) is 9.50. The van der Waals surface area contributed by atoms with Crippen LogP contribution in [0.4, 0.5) is 5.69 Å². The highest BCUT2D eigenvalue weighted by Crippen LogP contribution is 2.30. The number of ether oxygens (including phenoxy) is 3. The first-order valence-corrected chi connectivity index (χ1v) is 17.1. The lowest BCUT2D eigenvalue weighted by atomic mass is 10.1. The first kappa shape index (κ1) is 45.6. The second-order valence-corrected chi connectivity index (χ2v) is 12.8. The van der Waals surface area contributed by atoms with Gasteiger partial charge in [-0.2, -0.15) is 4.73 Å². The van der Waals surface area contributed by atoms with Crippen LogP contribution >= 0.6 is 37.2 Å². The normalized spacial score (nSPS) is 14.8. The number of aliphatic carboxylic acids is 1. The van der Waals surface area contributed by atoms with E-state index in [1.165, 1.54) is 31.6 Å². The lowest BCUT2D eigenvalue weighted by Gasteiger charge is -2.28. The van der Waals surface area contributed by atoms with Gasteiger partial charge in [-0.25, -0.2) is 12.7 Å². The molecule has 0 aliphatic carbocycles. The van der Waals surface area contributed by atoms with Gasteiger partial charge in [-0.15, -0.1) is 37.2 Å². The fourth-order valence-electron chi connectivity index (χ4n) is 5.04. The lowest BCUT2D eigenvalue weighted by Crippen LogP contribution is -2.42. The molecule has 2 saturated heterocycles. The number of methoxy groups -OCH3 is 1. The molecule has 0 spiro atoms. The minimum absolute atomic E-state index is 0. The molecule has 0 saturated carbocycles. The topological polar surface area (TPSA) is 153 Å². The number of morpholine rings is 2. The van der Waals surface area contributed by atoms with Gasteiger partial charge in [0.2, 0.25) is 5.91 Å². The van der Waals surface area contributed by atoms with Crippen LogP contribution in [0.15, 0.2) is 78.0 Å². The van der Waals surface area contributed by atoms with Gasteiger partial charge in [0.15, 0.2) is 12.4 Å². The van der Waals surface area contributed by atoms with Crippen LogP contribution in [0, 0.1) is 5.21 Å². The molecule has 13 nitrogen and oxygen atoms in total. The summed E-state index contributed by atoms with van der Waals surface area (Å²) in [6.07, 6.45) is 6.50. The Labute approximate surface area is 317 Å². The Morgan fingerprint density at radius 1 is 0.843 bits per heavy atom. The summed E-state index contributed by atoms with van der Waals surface area (Å²) in [5, 5.41) is 19.7.